The maximum atomic E-state index is 5.49. The van der Waals surface area contributed by atoms with E-state index in [-0.39, 0.29) is 15.0 Å². The van der Waals surface area contributed by atoms with E-state index in [1.165, 1.54) is 0 Å². The Balaban J connectivity index is 2.50. The van der Waals surface area contributed by atoms with Crippen molar-refractivity contribution in [2.24, 2.45) is 0 Å². The molecule has 0 heterocycles. The van der Waals surface area contributed by atoms with Gasteiger partial charge in [0.15, 0.2) is 0 Å². The van der Waals surface area contributed by atoms with Crippen LogP contribution in [0.4, 0.5) is 0 Å². The second-order valence-corrected chi connectivity index (χ2v) is 6.74. The van der Waals surface area contributed by atoms with Gasteiger partial charge in [-0.3, -0.25) is 0 Å². The van der Waals surface area contributed by atoms with Crippen molar-refractivity contribution in [1.82, 2.24) is 0 Å². The molecule has 0 aromatic heterocycles. The van der Waals surface area contributed by atoms with Crippen molar-refractivity contribution in [2.45, 2.75) is 5.82 Å². The molecule has 0 aliphatic heterocycles. The predicted octanol–water partition coefficient (Wildman–Crippen LogP) is 3.16. The zero-order valence-electron chi connectivity index (χ0n) is 14.6. The standard InChI is InChI=1S/C19H22O4Se/c1-12(13-7-8-15(20-2)16(9-13)21-3)14-10-17(22-4)19(23-5)18(11-14)24-6/h7-11H,1H2,2-6H3. The van der Waals surface area contributed by atoms with Crippen LogP contribution in [0.3, 0.4) is 0 Å². The third-order valence-electron chi connectivity index (χ3n) is 3.75. The summed E-state index contributed by atoms with van der Waals surface area (Å²) in [6.45, 7) is 4.25. The fraction of sp³-hybridized carbons (Fsp3) is 0.263. The minimum absolute atomic E-state index is 0.270. The molecule has 2 aromatic carbocycles. The van der Waals surface area contributed by atoms with Crippen LogP contribution in [0, 0.1) is 0 Å². The molecule has 2 rings (SSSR count). The van der Waals surface area contributed by atoms with Crippen LogP contribution in [0.25, 0.3) is 5.57 Å². The van der Waals surface area contributed by atoms with Gasteiger partial charge < -0.3 is 0 Å². The first kappa shape index (κ1) is 18.2. The van der Waals surface area contributed by atoms with Gasteiger partial charge in [-0.25, -0.2) is 0 Å². The van der Waals surface area contributed by atoms with Gasteiger partial charge in [0.25, 0.3) is 0 Å². The molecule has 0 saturated heterocycles. The van der Waals surface area contributed by atoms with Crippen LogP contribution in [0.5, 0.6) is 23.0 Å². The van der Waals surface area contributed by atoms with Crippen LogP contribution in [0.1, 0.15) is 11.1 Å². The quantitative estimate of drug-likeness (QED) is 0.678. The van der Waals surface area contributed by atoms with E-state index >= 15 is 0 Å². The average Bonchev–Trinajstić information content (AvgIpc) is 2.65. The van der Waals surface area contributed by atoms with Crippen molar-refractivity contribution in [3.63, 3.8) is 0 Å². The van der Waals surface area contributed by atoms with E-state index in [0.717, 1.165) is 32.7 Å². The Labute approximate surface area is 149 Å². The first-order chi connectivity index (χ1) is 11.6. The molecule has 0 fully saturated rings. The summed E-state index contributed by atoms with van der Waals surface area (Å²) in [6, 6.07) is 9.84. The van der Waals surface area contributed by atoms with Gasteiger partial charge in [-0.15, -0.1) is 0 Å². The van der Waals surface area contributed by atoms with Crippen LogP contribution < -0.4 is 23.4 Å². The van der Waals surface area contributed by atoms with Crippen molar-refractivity contribution in [3.05, 3.63) is 48.0 Å². The summed E-state index contributed by atoms with van der Waals surface area (Å²) in [5, 5.41) is 0. The first-order valence-electron chi connectivity index (χ1n) is 7.31. The van der Waals surface area contributed by atoms with Crippen molar-refractivity contribution in [3.8, 4) is 23.0 Å². The summed E-state index contributed by atoms with van der Waals surface area (Å²) in [5.74, 6) is 5.03. The zero-order chi connectivity index (χ0) is 17.7. The fourth-order valence-corrected chi connectivity index (χ4v) is 3.73. The molecule has 0 aliphatic carbocycles. The molecule has 0 spiro atoms. The monoisotopic (exact) mass is 394 g/mol. The van der Waals surface area contributed by atoms with Crippen LogP contribution in [-0.4, -0.2) is 43.4 Å². The normalized spacial score (nSPS) is 10.2. The van der Waals surface area contributed by atoms with Gasteiger partial charge in [0.05, 0.1) is 0 Å². The molecule has 2 aromatic rings. The number of benzene rings is 2. The molecule has 0 aliphatic rings. The Morgan fingerprint density at radius 2 is 1.42 bits per heavy atom. The molecule has 0 unspecified atom stereocenters. The molecule has 0 amide bonds. The number of rotatable bonds is 7. The van der Waals surface area contributed by atoms with Crippen LogP contribution in [0.15, 0.2) is 36.9 Å². The van der Waals surface area contributed by atoms with Gasteiger partial charge >= 0.3 is 149 Å². The van der Waals surface area contributed by atoms with E-state index in [9.17, 15) is 0 Å². The van der Waals surface area contributed by atoms with Crippen molar-refractivity contribution >= 4 is 25.0 Å². The van der Waals surface area contributed by atoms with E-state index in [2.05, 4.69) is 18.5 Å². The summed E-state index contributed by atoms with van der Waals surface area (Å²) >= 11 is 0.270. The number of ether oxygens (including phenoxy) is 4. The van der Waals surface area contributed by atoms with Crippen molar-refractivity contribution in [1.29, 1.82) is 0 Å². The van der Waals surface area contributed by atoms with Gasteiger partial charge in [-0.05, 0) is 0 Å². The summed E-state index contributed by atoms with van der Waals surface area (Å²) in [6.07, 6.45) is 0. The van der Waals surface area contributed by atoms with Crippen LogP contribution >= 0.6 is 0 Å². The molecule has 0 N–H and O–H groups in total. The van der Waals surface area contributed by atoms with E-state index in [1.807, 2.05) is 24.3 Å². The van der Waals surface area contributed by atoms with Crippen LogP contribution in [-0.2, 0) is 0 Å². The van der Waals surface area contributed by atoms with Gasteiger partial charge in [0.2, 0.25) is 0 Å². The Morgan fingerprint density at radius 1 is 0.792 bits per heavy atom. The third kappa shape index (κ3) is 3.53. The summed E-state index contributed by atoms with van der Waals surface area (Å²) in [7, 11) is 6.55. The molecular weight excluding hydrogens is 371 g/mol. The molecule has 4 nitrogen and oxygen atoms in total. The van der Waals surface area contributed by atoms with Crippen molar-refractivity contribution in [2.75, 3.05) is 28.4 Å². The Morgan fingerprint density at radius 3 is 1.96 bits per heavy atom. The first-order valence-corrected chi connectivity index (χ1v) is 9.88. The topological polar surface area (TPSA) is 36.9 Å². The number of hydrogen-bond acceptors (Lipinski definition) is 4. The zero-order valence-corrected chi connectivity index (χ0v) is 16.3. The SMILES string of the molecule is C=C(c1ccc(OC)c(OC)c1)c1cc(OC)c(OC)c([Se]C)c1. The number of methoxy groups -OCH3 is 4. The second kappa shape index (κ2) is 8.13. The Bertz CT molecular complexity index is 715. The summed E-state index contributed by atoms with van der Waals surface area (Å²) in [4.78, 5) is 0. The molecule has 24 heavy (non-hydrogen) atoms. The Hall–Kier alpha value is -2.10. The maximum absolute atomic E-state index is 5.49. The average molecular weight is 393 g/mol. The molecule has 0 atom stereocenters. The van der Waals surface area contributed by atoms with Gasteiger partial charge in [-0.1, -0.05) is 0 Å². The van der Waals surface area contributed by atoms with Crippen molar-refractivity contribution < 1.29 is 18.9 Å². The molecule has 0 bridgehead atoms. The van der Waals surface area contributed by atoms with Crippen LogP contribution in [0.2, 0.25) is 5.82 Å². The van der Waals surface area contributed by atoms with E-state index < -0.39 is 0 Å². The molecular formula is C19H22O4Se. The fourth-order valence-electron chi connectivity index (χ4n) is 2.45. The minimum atomic E-state index is 0.270. The van der Waals surface area contributed by atoms with Gasteiger partial charge in [0, 0.05) is 0 Å². The van der Waals surface area contributed by atoms with E-state index in [0.29, 0.717) is 11.5 Å². The summed E-state index contributed by atoms with van der Waals surface area (Å²) < 4.78 is 22.8. The molecule has 128 valence electrons. The third-order valence-corrected chi connectivity index (χ3v) is 5.30. The Kier molecular flexibility index (Phi) is 6.18. The van der Waals surface area contributed by atoms with E-state index in [4.69, 9.17) is 18.9 Å². The molecule has 0 radical (unpaired) electrons. The molecule has 5 heteroatoms. The molecule has 0 saturated carbocycles. The van der Waals surface area contributed by atoms with E-state index in [1.54, 1.807) is 28.4 Å². The summed E-state index contributed by atoms with van der Waals surface area (Å²) in [5.41, 5.74) is 2.86. The predicted molar refractivity (Wildman–Crippen MR) is 98.5 cm³/mol. The number of hydrogen-bond donors (Lipinski definition) is 0. The second-order valence-electron chi connectivity index (χ2n) is 4.96. The van der Waals surface area contributed by atoms with Gasteiger partial charge in [0.1, 0.15) is 0 Å². The van der Waals surface area contributed by atoms with Gasteiger partial charge in [-0.2, -0.15) is 0 Å².